The second-order valence-electron chi connectivity index (χ2n) is 7.25. The van der Waals surface area contributed by atoms with Crippen molar-refractivity contribution in [1.82, 2.24) is 19.9 Å². The maximum atomic E-state index is 6.14. The molecular formula is C20H22N4O. The molecule has 5 nitrogen and oxygen atoms in total. The van der Waals surface area contributed by atoms with Gasteiger partial charge in [0.2, 0.25) is 5.88 Å². The van der Waals surface area contributed by atoms with Crippen molar-refractivity contribution in [3.05, 3.63) is 42.9 Å². The number of fused-ring (bicyclic) bond motifs is 3. The molecule has 2 atom stereocenters. The lowest BCUT2D eigenvalue weighted by molar-refractivity contribution is 0.0630. The molecule has 2 bridgehead atoms. The van der Waals surface area contributed by atoms with Crippen LogP contribution in [0.5, 0.6) is 5.88 Å². The Bertz CT molecular complexity index is 874. The lowest BCUT2D eigenvalue weighted by atomic mass is 10.0. The van der Waals surface area contributed by atoms with Gasteiger partial charge in [-0.3, -0.25) is 0 Å². The van der Waals surface area contributed by atoms with Crippen LogP contribution in [-0.4, -0.2) is 45.1 Å². The first-order valence-electron chi connectivity index (χ1n) is 9.05. The van der Waals surface area contributed by atoms with Gasteiger partial charge in [-0.25, -0.2) is 9.97 Å². The molecule has 2 aliphatic heterocycles. The van der Waals surface area contributed by atoms with Gasteiger partial charge in [0.05, 0.1) is 18.1 Å². The van der Waals surface area contributed by atoms with E-state index >= 15 is 0 Å². The third-order valence-corrected chi connectivity index (χ3v) is 5.84. The quantitative estimate of drug-likeness (QED) is 0.795. The van der Waals surface area contributed by atoms with Crippen LogP contribution in [0.4, 0.5) is 0 Å². The van der Waals surface area contributed by atoms with E-state index in [1.165, 1.54) is 12.8 Å². The Kier molecular flexibility index (Phi) is 3.48. The zero-order chi connectivity index (χ0) is 16.8. The molecule has 1 aromatic carbocycles. The number of benzene rings is 1. The summed E-state index contributed by atoms with van der Waals surface area (Å²) in [7, 11) is 2.24. The van der Waals surface area contributed by atoms with Crippen molar-refractivity contribution in [2.24, 2.45) is 0 Å². The van der Waals surface area contributed by atoms with Gasteiger partial charge in [0, 0.05) is 34.7 Å². The molecule has 25 heavy (non-hydrogen) atoms. The molecule has 0 aliphatic carbocycles. The first kappa shape index (κ1) is 14.9. The maximum absolute atomic E-state index is 6.14. The second-order valence-corrected chi connectivity index (χ2v) is 7.25. The molecule has 0 spiro atoms. The SMILES string of the molecule is CN1C2CCC1CC(Oc1cnc(-c3cccc4[nH]ccc34)cn1)C2. The van der Waals surface area contributed by atoms with Gasteiger partial charge in [0.25, 0.3) is 0 Å². The molecule has 2 aromatic heterocycles. The first-order valence-corrected chi connectivity index (χ1v) is 9.05. The van der Waals surface area contributed by atoms with Gasteiger partial charge in [-0.2, -0.15) is 0 Å². The van der Waals surface area contributed by atoms with Crippen LogP contribution in [0.15, 0.2) is 42.9 Å². The minimum Gasteiger partial charge on any atom is -0.473 e. The third kappa shape index (κ3) is 2.59. The van der Waals surface area contributed by atoms with E-state index in [1.54, 1.807) is 6.20 Å². The number of hydrogen-bond acceptors (Lipinski definition) is 4. The Morgan fingerprint density at radius 3 is 2.68 bits per heavy atom. The number of nitrogens with one attached hydrogen (secondary N) is 1. The molecule has 0 saturated carbocycles. The van der Waals surface area contributed by atoms with Crippen LogP contribution in [0.25, 0.3) is 22.2 Å². The third-order valence-electron chi connectivity index (χ3n) is 5.84. The van der Waals surface area contributed by atoms with Crippen LogP contribution in [-0.2, 0) is 0 Å². The lowest BCUT2D eigenvalue weighted by Gasteiger charge is -2.35. The highest BCUT2D eigenvalue weighted by molar-refractivity contribution is 5.93. The fourth-order valence-corrected chi connectivity index (χ4v) is 4.45. The Morgan fingerprint density at radius 1 is 1.08 bits per heavy atom. The van der Waals surface area contributed by atoms with Gasteiger partial charge in [0.15, 0.2) is 0 Å². The van der Waals surface area contributed by atoms with E-state index in [0.717, 1.165) is 35.0 Å². The highest BCUT2D eigenvalue weighted by Gasteiger charge is 2.39. The molecule has 0 radical (unpaired) electrons. The number of ether oxygens (including phenoxy) is 1. The van der Waals surface area contributed by atoms with Gasteiger partial charge < -0.3 is 14.6 Å². The van der Waals surface area contributed by atoms with Crippen molar-refractivity contribution in [3.8, 4) is 17.1 Å². The highest BCUT2D eigenvalue weighted by atomic mass is 16.5. The van der Waals surface area contributed by atoms with Crippen molar-refractivity contribution < 1.29 is 4.74 Å². The van der Waals surface area contributed by atoms with E-state index in [-0.39, 0.29) is 6.10 Å². The summed E-state index contributed by atoms with van der Waals surface area (Å²) in [6, 6.07) is 9.59. The molecule has 2 fully saturated rings. The fraction of sp³-hybridized carbons (Fsp3) is 0.400. The topological polar surface area (TPSA) is 54.0 Å². The minimum atomic E-state index is 0.266. The Labute approximate surface area is 147 Å². The molecule has 1 N–H and O–H groups in total. The molecule has 2 unspecified atom stereocenters. The maximum Gasteiger partial charge on any atom is 0.232 e. The molecule has 2 saturated heterocycles. The summed E-state index contributed by atoms with van der Waals surface area (Å²) in [4.78, 5) is 14.9. The van der Waals surface area contributed by atoms with Crippen LogP contribution in [0.3, 0.4) is 0 Å². The van der Waals surface area contributed by atoms with Crippen molar-refractivity contribution in [2.75, 3.05) is 7.05 Å². The molecule has 4 heterocycles. The van der Waals surface area contributed by atoms with Gasteiger partial charge >= 0.3 is 0 Å². The predicted molar refractivity (Wildman–Crippen MR) is 97.5 cm³/mol. The molecular weight excluding hydrogens is 312 g/mol. The van der Waals surface area contributed by atoms with Crippen molar-refractivity contribution in [1.29, 1.82) is 0 Å². The van der Waals surface area contributed by atoms with Crippen molar-refractivity contribution in [2.45, 2.75) is 43.9 Å². The predicted octanol–water partition coefficient (Wildman–Crippen LogP) is 3.63. The number of piperidine rings is 1. The van der Waals surface area contributed by atoms with Crippen LogP contribution >= 0.6 is 0 Å². The first-order chi connectivity index (χ1) is 12.3. The minimum absolute atomic E-state index is 0.266. The summed E-state index contributed by atoms with van der Waals surface area (Å²) in [6.07, 6.45) is 10.6. The van der Waals surface area contributed by atoms with Crippen LogP contribution in [0.2, 0.25) is 0 Å². The Balaban J connectivity index is 1.35. The summed E-state index contributed by atoms with van der Waals surface area (Å²) in [6.45, 7) is 0. The molecule has 2 aliphatic rings. The summed E-state index contributed by atoms with van der Waals surface area (Å²) < 4.78 is 6.14. The van der Waals surface area contributed by atoms with E-state index in [1.807, 2.05) is 18.5 Å². The zero-order valence-electron chi connectivity index (χ0n) is 14.4. The van der Waals surface area contributed by atoms with Gasteiger partial charge in [-0.05, 0) is 44.9 Å². The van der Waals surface area contributed by atoms with E-state index in [0.29, 0.717) is 18.0 Å². The number of aromatic amines is 1. The largest absolute Gasteiger partial charge is 0.473 e. The summed E-state index contributed by atoms with van der Waals surface area (Å²) in [5.41, 5.74) is 3.08. The van der Waals surface area contributed by atoms with Crippen LogP contribution in [0, 0.1) is 0 Å². The average molecular weight is 334 g/mol. The molecule has 5 heteroatoms. The second kappa shape index (κ2) is 5.85. The normalized spacial score (nSPS) is 26.2. The van der Waals surface area contributed by atoms with Crippen LogP contribution < -0.4 is 4.74 Å². The molecule has 3 aromatic rings. The van der Waals surface area contributed by atoms with Gasteiger partial charge in [-0.15, -0.1) is 0 Å². The molecule has 5 rings (SSSR count). The van der Waals surface area contributed by atoms with Gasteiger partial charge in [0.1, 0.15) is 6.10 Å². The van der Waals surface area contributed by atoms with Crippen molar-refractivity contribution >= 4 is 10.9 Å². The number of aromatic nitrogens is 3. The van der Waals surface area contributed by atoms with Crippen LogP contribution in [0.1, 0.15) is 25.7 Å². The van der Waals surface area contributed by atoms with E-state index in [4.69, 9.17) is 4.74 Å². The zero-order valence-corrected chi connectivity index (χ0v) is 14.4. The number of rotatable bonds is 3. The van der Waals surface area contributed by atoms with Crippen molar-refractivity contribution in [3.63, 3.8) is 0 Å². The lowest BCUT2D eigenvalue weighted by Crippen LogP contribution is -2.43. The molecule has 0 amide bonds. The monoisotopic (exact) mass is 334 g/mol. The van der Waals surface area contributed by atoms with E-state index < -0.39 is 0 Å². The summed E-state index contributed by atoms with van der Waals surface area (Å²) >= 11 is 0. The Hall–Kier alpha value is -2.40. The summed E-state index contributed by atoms with van der Waals surface area (Å²) in [5.74, 6) is 0.638. The molecule has 128 valence electrons. The highest BCUT2D eigenvalue weighted by Crippen LogP contribution is 2.35. The van der Waals surface area contributed by atoms with Gasteiger partial charge in [-0.1, -0.05) is 12.1 Å². The standard InChI is InChI=1S/C20H22N4O/c1-24-13-5-6-14(24)10-15(9-13)25-20-12-22-19(11-23-20)16-3-2-4-18-17(16)7-8-21-18/h2-4,7-8,11-15,21H,5-6,9-10H2,1H3. The average Bonchev–Trinajstić information content (AvgIpc) is 3.17. The van der Waals surface area contributed by atoms with E-state index in [2.05, 4.69) is 45.1 Å². The fourth-order valence-electron chi connectivity index (χ4n) is 4.45. The smallest absolute Gasteiger partial charge is 0.232 e. The summed E-state index contributed by atoms with van der Waals surface area (Å²) in [5, 5.41) is 1.16. The number of nitrogens with zero attached hydrogens (tertiary/aromatic N) is 3. The van der Waals surface area contributed by atoms with E-state index in [9.17, 15) is 0 Å². The number of hydrogen-bond donors (Lipinski definition) is 1. The Morgan fingerprint density at radius 2 is 1.92 bits per heavy atom. The number of H-pyrrole nitrogens is 1.